The summed E-state index contributed by atoms with van der Waals surface area (Å²) >= 11 is 0. The molecule has 2 aromatic carbocycles. The molecule has 2 heteroatoms. The minimum Gasteiger partial charge on any atom is -0.344 e. The van der Waals surface area contributed by atoms with Crippen LogP contribution in [0.15, 0.2) is 42.5 Å². The maximum atomic E-state index is 5.70. The van der Waals surface area contributed by atoms with Crippen molar-refractivity contribution in [1.82, 2.24) is 0 Å². The fraction of sp³-hybridized carbons (Fsp3) is 0.294. The van der Waals surface area contributed by atoms with Gasteiger partial charge in [0, 0.05) is 18.4 Å². The van der Waals surface area contributed by atoms with Gasteiger partial charge in [-0.2, -0.15) is 0 Å². The van der Waals surface area contributed by atoms with Crippen molar-refractivity contribution in [3.8, 4) is 0 Å². The molecule has 0 saturated heterocycles. The number of para-hydroxylation sites is 1. The zero-order valence-corrected chi connectivity index (χ0v) is 12.0. The molecule has 0 heterocycles. The first-order chi connectivity index (χ1) is 9.11. The van der Waals surface area contributed by atoms with E-state index in [4.69, 9.17) is 5.73 Å². The number of hydrogen-bond donors (Lipinski definition) is 1. The van der Waals surface area contributed by atoms with Gasteiger partial charge in [-0.3, -0.25) is 0 Å². The number of hydrogen-bond acceptors (Lipinski definition) is 2. The Morgan fingerprint density at radius 3 is 2.26 bits per heavy atom. The van der Waals surface area contributed by atoms with Crippen LogP contribution < -0.4 is 10.6 Å². The fourth-order valence-corrected chi connectivity index (χ4v) is 2.49. The minimum atomic E-state index is 0.678. The van der Waals surface area contributed by atoms with Crippen LogP contribution in [0, 0.1) is 13.8 Å². The Bertz CT molecular complexity index is 541. The topological polar surface area (TPSA) is 29.3 Å². The van der Waals surface area contributed by atoms with Gasteiger partial charge >= 0.3 is 0 Å². The van der Waals surface area contributed by atoms with Gasteiger partial charge in [0.15, 0.2) is 0 Å². The largest absolute Gasteiger partial charge is 0.344 e. The van der Waals surface area contributed by atoms with E-state index in [1.165, 1.54) is 28.1 Å². The van der Waals surface area contributed by atoms with E-state index in [0.29, 0.717) is 6.54 Å². The number of rotatable bonds is 4. The van der Waals surface area contributed by atoms with Crippen LogP contribution in [0.1, 0.15) is 16.7 Å². The van der Waals surface area contributed by atoms with E-state index in [1.807, 2.05) is 0 Å². The maximum Gasteiger partial charge on any atom is 0.0441 e. The lowest BCUT2D eigenvalue weighted by Crippen LogP contribution is -2.14. The number of anilines is 2. The van der Waals surface area contributed by atoms with Crippen LogP contribution in [0.3, 0.4) is 0 Å². The van der Waals surface area contributed by atoms with Crippen molar-refractivity contribution in [2.24, 2.45) is 5.73 Å². The highest BCUT2D eigenvalue weighted by Gasteiger charge is 2.09. The molecule has 0 fully saturated rings. The van der Waals surface area contributed by atoms with Crippen LogP contribution in [0.25, 0.3) is 0 Å². The molecular formula is C17H22N2. The van der Waals surface area contributed by atoms with Gasteiger partial charge in [0.25, 0.3) is 0 Å². The molecule has 0 bridgehead atoms. The molecule has 2 aromatic rings. The zero-order chi connectivity index (χ0) is 13.8. The first kappa shape index (κ1) is 13.6. The van der Waals surface area contributed by atoms with Gasteiger partial charge in [0.2, 0.25) is 0 Å². The predicted molar refractivity (Wildman–Crippen MR) is 83.2 cm³/mol. The molecule has 100 valence electrons. The Balaban J connectivity index is 2.40. The van der Waals surface area contributed by atoms with Gasteiger partial charge in [-0.05, 0) is 61.7 Å². The van der Waals surface area contributed by atoms with Gasteiger partial charge in [-0.1, -0.05) is 24.3 Å². The minimum absolute atomic E-state index is 0.678. The summed E-state index contributed by atoms with van der Waals surface area (Å²) in [4.78, 5) is 2.24. The summed E-state index contributed by atoms with van der Waals surface area (Å²) in [6, 6.07) is 15.1. The molecular weight excluding hydrogens is 232 g/mol. The number of aryl methyl sites for hydroxylation is 2. The quantitative estimate of drug-likeness (QED) is 0.903. The molecule has 2 rings (SSSR count). The average Bonchev–Trinajstić information content (AvgIpc) is 2.38. The van der Waals surface area contributed by atoms with Gasteiger partial charge in [0.05, 0.1) is 0 Å². The van der Waals surface area contributed by atoms with E-state index >= 15 is 0 Å². The van der Waals surface area contributed by atoms with Gasteiger partial charge in [-0.25, -0.2) is 0 Å². The lowest BCUT2D eigenvalue weighted by atomic mass is 10.1. The summed E-state index contributed by atoms with van der Waals surface area (Å²) in [7, 11) is 2.11. The second-order valence-electron chi connectivity index (χ2n) is 5.07. The average molecular weight is 254 g/mol. The van der Waals surface area contributed by atoms with Crippen LogP contribution in [0.5, 0.6) is 0 Å². The molecule has 0 aliphatic carbocycles. The first-order valence-electron chi connectivity index (χ1n) is 6.72. The smallest absolute Gasteiger partial charge is 0.0441 e. The molecule has 0 aliphatic rings. The number of benzene rings is 2. The second-order valence-corrected chi connectivity index (χ2v) is 5.07. The van der Waals surface area contributed by atoms with Gasteiger partial charge < -0.3 is 10.6 Å². The Morgan fingerprint density at radius 2 is 1.63 bits per heavy atom. The Labute approximate surface area is 115 Å². The van der Waals surface area contributed by atoms with Crippen LogP contribution in [-0.4, -0.2) is 13.6 Å². The summed E-state index contributed by atoms with van der Waals surface area (Å²) in [5.41, 5.74) is 12.0. The Hall–Kier alpha value is -1.80. The number of nitrogens with zero attached hydrogens (tertiary/aromatic N) is 1. The van der Waals surface area contributed by atoms with Crippen molar-refractivity contribution in [1.29, 1.82) is 0 Å². The molecule has 0 spiro atoms. The molecule has 0 aromatic heterocycles. The predicted octanol–water partition coefficient (Wildman–Crippen LogP) is 3.57. The van der Waals surface area contributed by atoms with E-state index in [9.17, 15) is 0 Å². The third-order valence-corrected chi connectivity index (χ3v) is 3.36. The molecule has 0 amide bonds. The fourth-order valence-electron chi connectivity index (χ4n) is 2.49. The molecule has 2 N–H and O–H groups in total. The van der Waals surface area contributed by atoms with Crippen molar-refractivity contribution in [2.45, 2.75) is 20.3 Å². The van der Waals surface area contributed by atoms with Crippen LogP contribution in [-0.2, 0) is 6.42 Å². The lowest BCUT2D eigenvalue weighted by Gasteiger charge is -2.23. The van der Waals surface area contributed by atoms with Crippen molar-refractivity contribution in [2.75, 3.05) is 18.5 Å². The summed E-state index contributed by atoms with van der Waals surface area (Å²) in [5, 5.41) is 0. The molecule has 0 atom stereocenters. The molecule has 2 nitrogen and oxygen atoms in total. The second kappa shape index (κ2) is 5.89. The highest BCUT2D eigenvalue weighted by molar-refractivity contribution is 5.67. The normalized spacial score (nSPS) is 10.5. The van der Waals surface area contributed by atoms with E-state index in [-0.39, 0.29) is 0 Å². The monoisotopic (exact) mass is 254 g/mol. The molecule has 19 heavy (non-hydrogen) atoms. The van der Waals surface area contributed by atoms with Gasteiger partial charge in [-0.15, -0.1) is 0 Å². The standard InChI is InChI=1S/C17H22N2/c1-13-10-14(2)12-16(11-13)19(3)17-7-5-4-6-15(17)8-9-18/h4-7,10-12H,8-9,18H2,1-3H3. The highest BCUT2D eigenvalue weighted by Crippen LogP contribution is 2.28. The maximum absolute atomic E-state index is 5.70. The molecule has 0 radical (unpaired) electrons. The summed E-state index contributed by atoms with van der Waals surface area (Å²) in [5.74, 6) is 0. The van der Waals surface area contributed by atoms with Crippen LogP contribution in [0.2, 0.25) is 0 Å². The van der Waals surface area contributed by atoms with E-state index < -0.39 is 0 Å². The number of nitrogens with two attached hydrogens (primary N) is 1. The summed E-state index contributed by atoms with van der Waals surface area (Å²) < 4.78 is 0. The lowest BCUT2D eigenvalue weighted by molar-refractivity contribution is 0.961. The molecule has 0 saturated carbocycles. The van der Waals surface area contributed by atoms with E-state index in [0.717, 1.165) is 6.42 Å². The van der Waals surface area contributed by atoms with Crippen molar-refractivity contribution in [3.63, 3.8) is 0 Å². The van der Waals surface area contributed by atoms with E-state index in [1.54, 1.807) is 0 Å². The third-order valence-electron chi connectivity index (χ3n) is 3.36. The van der Waals surface area contributed by atoms with Crippen molar-refractivity contribution < 1.29 is 0 Å². The Morgan fingerprint density at radius 1 is 1.00 bits per heavy atom. The Kier molecular flexibility index (Phi) is 4.23. The summed E-state index contributed by atoms with van der Waals surface area (Å²) in [6.07, 6.45) is 0.908. The molecule has 0 unspecified atom stereocenters. The molecule has 0 aliphatic heterocycles. The van der Waals surface area contributed by atoms with Crippen LogP contribution in [0.4, 0.5) is 11.4 Å². The summed E-state index contributed by atoms with van der Waals surface area (Å²) in [6.45, 7) is 4.95. The van der Waals surface area contributed by atoms with Crippen molar-refractivity contribution >= 4 is 11.4 Å². The van der Waals surface area contributed by atoms with Gasteiger partial charge in [0.1, 0.15) is 0 Å². The van der Waals surface area contributed by atoms with Crippen LogP contribution >= 0.6 is 0 Å². The van der Waals surface area contributed by atoms with Crippen molar-refractivity contribution in [3.05, 3.63) is 59.2 Å². The zero-order valence-electron chi connectivity index (χ0n) is 12.0. The third kappa shape index (κ3) is 3.15. The first-order valence-corrected chi connectivity index (χ1v) is 6.72. The van der Waals surface area contributed by atoms with E-state index in [2.05, 4.69) is 68.3 Å². The SMILES string of the molecule is Cc1cc(C)cc(N(C)c2ccccc2CCN)c1. The highest BCUT2D eigenvalue weighted by atomic mass is 15.1.